The van der Waals surface area contributed by atoms with Crippen LogP contribution in [0.3, 0.4) is 0 Å². The number of benzene rings is 4. The van der Waals surface area contributed by atoms with Gasteiger partial charge in [0.2, 0.25) is 0 Å². The number of hydrogen-bond donors (Lipinski definition) is 0. The Morgan fingerprint density at radius 1 is 0.781 bits per heavy atom. The highest BCUT2D eigenvalue weighted by Gasteiger charge is 2.29. The van der Waals surface area contributed by atoms with E-state index in [1.54, 1.807) is 0 Å². The van der Waals surface area contributed by atoms with Crippen LogP contribution in [0.2, 0.25) is 0 Å². The van der Waals surface area contributed by atoms with Crippen molar-refractivity contribution >= 4 is 21.8 Å². The lowest BCUT2D eigenvalue weighted by Gasteiger charge is -2.18. The molecule has 0 N–H and O–H groups in total. The fourth-order valence-corrected chi connectivity index (χ4v) is 4.76. The standard InChI is InChI=1S/C30H31N2/c1-20-14-15-21(2)25(18-20)29-31(6)27-17-16-23(30(3,4)5)19-28(27)32(29)26-13-9-11-22-10-7-8-12-24(22)26/h7-19H,1-6H3/q+1. The third kappa shape index (κ3) is 3.22. The van der Waals surface area contributed by atoms with Gasteiger partial charge in [-0.25, -0.2) is 4.57 Å². The largest absolute Gasteiger partial charge is 0.295 e. The van der Waals surface area contributed by atoms with E-state index in [2.05, 4.69) is 130 Å². The van der Waals surface area contributed by atoms with Crippen molar-refractivity contribution in [1.29, 1.82) is 0 Å². The summed E-state index contributed by atoms with van der Waals surface area (Å²) in [5, 5.41) is 2.52. The minimum Gasteiger partial charge on any atom is -0.225 e. The van der Waals surface area contributed by atoms with Crippen LogP contribution >= 0.6 is 0 Å². The van der Waals surface area contributed by atoms with Crippen LogP contribution in [0.25, 0.3) is 38.9 Å². The minimum atomic E-state index is 0.0834. The molecule has 32 heavy (non-hydrogen) atoms. The van der Waals surface area contributed by atoms with Crippen molar-refractivity contribution < 1.29 is 4.57 Å². The SMILES string of the molecule is Cc1ccc(C)c(-c2n(-c3cccc4ccccc34)c3cc(C(C)(C)C)ccc3[n+]2C)c1. The fourth-order valence-electron chi connectivity index (χ4n) is 4.76. The van der Waals surface area contributed by atoms with Crippen molar-refractivity contribution in [3.8, 4) is 17.1 Å². The third-order valence-corrected chi connectivity index (χ3v) is 6.61. The predicted molar refractivity (Wildman–Crippen MR) is 136 cm³/mol. The van der Waals surface area contributed by atoms with E-state index in [9.17, 15) is 0 Å². The second kappa shape index (κ2) is 7.34. The number of nitrogens with zero attached hydrogens (tertiary/aromatic N) is 2. The highest BCUT2D eigenvalue weighted by atomic mass is 15.2. The molecule has 1 heterocycles. The zero-order chi connectivity index (χ0) is 22.6. The van der Waals surface area contributed by atoms with E-state index >= 15 is 0 Å². The fraction of sp³-hybridized carbons (Fsp3) is 0.233. The van der Waals surface area contributed by atoms with Crippen LogP contribution < -0.4 is 4.57 Å². The Kier molecular flexibility index (Phi) is 4.70. The molecule has 0 radical (unpaired) electrons. The Bertz CT molecular complexity index is 1470. The number of fused-ring (bicyclic) bond motifs is 2. The zero-order valence-electron chi connectivity index (χ0n) is 19.9. The smallest absolute Gasteiger partial charge is 0.225 e. The molecular formula is C30H31N2+. The maximum absolute atomic E-state index is 2.47. The number of aryl methyl sites for hydroxylation is 3. The molecule has 0 unspecified atom stereocenters. The van der Waals surface area contributed by atoms with Gasteiger partial charge in [0.25, 0.3) is 5.82 Å². The summed E-state index contributed by atoms with van der Waals surface area (Å²) in [6.45, 7) is 11.2. The first-order valence-electron chi connectivity index (χ1n) is 11.4. The van der Waals surface area contributed by atoms with Crippen LogP contribution in [0.1, 0.15) is 37.5 Å². The first-order chi connectivity index (χ1) is 15.3. The topological polar surface area (TPSA) is 8.81 Å². The van der Waals surface area contributed by atoms with Crippen molar-refractivity contribution in [2.24, 2.45) is 7.05 Å². The van der Waals surface area contributed by atoms with Crippen LogP contribution in [0.4, 0.5) is 0 Å². The molecule has 5 aromatic rings. The van der Waals surface area contributed by atoms with Crippen molar-refractivity contribution in [2.75, 3.05) is 0 Å². The van der Waals surface area contributed by atoms with Gasteiger partial charge in [0.1, 0.15) is 5.69 Å². The van der Waals surface area contributed by atoms with Crippen LogP contribution in [0.5, 0.6) is 0 Å². The van der Waals surface area contributed by atoms with Crippen molar-refractivity contribution in [2.45, 2.75) is 40.0 Å². The normalized spacial score (nSPS) is 12.1. The summed E-state index contributed by atoms with van der Waals surface area (Å²) >= 11 is 0. The summed E-state index contributed by atoms with van der Waals surface area (Å²) in [5.41, 5.74) is 8.96. The second-order valence-electron chi connectivity index (χ2n) is 9.99. The monoisotopic (exact) mass is 419 g/mol. The lowest BCUT2D eigenvalue weighted by Crippen LogP contribution is -2.30. The highest BCUT2D eigenvalue weighted by molar-refractivity contribution is 5.93. The molecule has 0 bridgehead atoms. The Morgan fingerprint density at radius 2 is 1.53 bits per heavy atom. The maximum atomic E-state index is 2.47. The van der Waals surface area contributed by atoms with E-state index < -0.39 is 0 Å². The molecular weight excluding hydrogens is 388 g/mol. The molecule has 160 valence electrons. The van der Waals surface area contributed by atoms with Gasteiger partial charge >= 0.3 is 0 Å². The Labute approximate surface area is 190 Å². The van der Waals surface area contributed by atoms with Gasteiger partial charge in [-0.1, -0.05) is 80.9 Å². The summed E-state index contributed by atoms with van der Waals surface area (Å²) in [5.74, 6) is 1.21. The lowest BCUT2D eigenvalue weighted by molar-refractivity contribution is -0.633. The van der Waals surface area contributed by atoms with E-state index in [1.807, 2.05) is 0 Å². The Hall–Kier alpha value is -3.39. The molecule has 0 aliphatic rings. The average molecular weight is 420 g/mol. The molecule has 5 rings (SSSR count). The van der Waals surface area contributed by atoms with Crippen LogP contribution in [0, 0.1) is 13.8 Å². The molecule has 0 atom stereocenters. The number of hydrogen-bond acceptors (Lipinski definition) is 0. The first-order valence-corrected chi connectivity index (χ1v) is 11.4. The first kappa shape index (κ1) is 20.5. The summed E-state index contributed by atoms with van der Waals surface area (Å²) in [6, 6.07) is 29.0. The second-order valence-corrected chi connectivity index (χ2v) is 9.99. The number of aromatic nitrogens is 2. The number of imidazole rings is 1. The van der Waals surface area contributed by atoms with Gasteiger partial charge in [0.15, 0.2) is 11.0 Å². The molecule has 2 heteroatoms. The molecule has 0 saturated carbocycles. The predicted octanol–water partition coefficient (Wildman–Crippen LogP) is 7.19. The van der Waals surface area contributed by atoms with Gasteiger partial charge in [0, 0.05) is 5.39 Å². The molecule has 0 aliphatic carbocycles. The third-order valence-electron chi connectivity index (χ3n) is 6.61. The van der Waals surface area contributed by atoms with E-state index in [4.69, 9.17) is 0 Å². The molecule has 4 aromatic carbocycles. The molecule has 0 aliphatic heterocycles. The quantitative estimate of drug-likeness (QED) is 0.268. The van der Waals surface area contributed by atoms with E-state index in [0.717, 1.165) is 0 Å². The van der Waals surface area contributed by atoms with Crippen molar-refractivity contribution in [3.05, 3.63) is 95.6 Å². The molecule has 0 spiro atoms. The molecule has 0 amide bonds. The van der Waals surface area contributed by atoms with Crippen molar-refractivity contribution in [1.82, 2.24) is 4.57 Å². The molecule has 2 nitrogen and oxygen atoms in total. The highest BCUT2D eigenvalue weighted by Crippen LogP contribution is 2.34. The van der Waals surface area contributed by atoms with E-state index in [0.29, 0.717) is 0 Å². The van der Waals surface area contributed by atoms with Gasteiger partial charge in [-0.3, -0.25) is 0 Å². The zero-order valence-corrected chi connectivity index (χ0v) is 19.9. The van der Waals surface area contributed by atoms with Crippen molar-refractivity contribution in [3.63, 3.8) is 0 Å². The molecule has 0 fully saturated rings. The summed E-state index contributed by atoms with van der Waals surface area (Å²) in [7, 11) is 2.19. The van der Waals surface area contributed by atoms with Crippen LogP contribution in [-0.2, 0) is 12.5 Å². The summed E-state index contributed by atoms with van der Waals surface area (Å²) < 4.78 is 4.82. The van der Waals surface area contributed by atoms with Gasteiger partial charge in [0.05, 0.1) is 12.6 Å². The van der Waals surface area contributed by atoms with E-state index in [-0.39, 0.29) is 5.41 Å². The molecule has 0 saturated heterocycles. The summed E-state index contributed by atoms with van der Waals surface area (Å²) in [4.78, 5) is 0. The lowest BCUT2D eigenvalue weighted by atomic mass is 9.87. The van der Waals surface area contributed by atoms with Gasteiger partial charge in [-0.05, 0) is 60.0 Å². The van der Waals surface area contributed by atoms with E-state index in [1.165, 1.54) is 55.6 Å². The van der Waals surface area contributed by atoms with Gasteiger partial charge in [-0.15, -0.1) is 0 Å². The minimum absolute atomic E-state index is 0.0834. The average Bonchev–Trinajstić information content (AvgIpc) is 3.06. The van der Waals surface area contributed by atoms with Gasteiger partial charge in [-0.2, -0.15) is 4.57 Å². The Morgan fingerprint density at radius 3 is 2.31 bits per heavy atom. The summed E-state index contributed by atoms with van der Waals surface area (Å²) in [6.07, 6.45) is 0. The number of rotatable bonds is 2. The maximum Gasteiger partial charge on any atom is 0.295 e. The van der Waals surface area contributed by atoms with Gasteiger partial charge < -0.3 is 0 Å². The van der Waals surface area contributed by atoms with Crippen LogP contribution in [0.15, 0.2) is 78.9 Å². The van der Waals surface area contributed by atoms with Crippen LogP contribution in [-0.4, -0.2) is 4.57 Å². The molecule has 1 aromatic heterocycles. The Balaban J connectivity index is 1.98.